The quantitative estimate of drug-likeness (QED) is 0.449. The van der Waals surface area contributed by atoms with Gasteiger partial charge in [0.15, 0.2) is 0 Å². The van der Waals surface area contributed by atoms with Crippen LogP contribution in [-0.4, -0.2) is 24.4 Å². The predicted molar refractivity (Wildman–Crippen MR) is 43.5 cm³/mol. The van der Waals surface area contributed by atoms with Gasteiger partial charge in [-0.15, -0.1) is 11.6 Å². The van der Waals surface area contributed by atoms with Gasteiger partial charge < -0.3 is 5.11 Å². The third-order valence-electron chi connectivity index (χ3n) is 2.48. The minimum atomic E-state index is -0.275. The molecule has 4 atom stereocenters. The second kappa shape index (κ2) is 3.14. The van der Waals surface area contributed by atoms with E-state index in [1.165, 1.54) is 0 Å². The highest BCUT2D eigenvalue weighted by Gasteiger charge is 2.36. The van der Waals surface area contributed by atoms with Gasteiger partial charge in [0, 0.05) is 5.38 Å². The molecular weight excluding hydrogens is 146 g/mol. The van der Waals surface area contributed by atoms with Crippen LogP contribution in [0.15, 0.2) is 0 Å². The summed E-state index contributed by atoms with van der Waals surface area (Å²) in [5.41, 5.74) is 0. The predicted octanol–water partition coefficient (Wildman–Crippen LogP) is 1.20. The van der Waals surface area contributed by atoms with Crippen molar-refractivity contribution in [1.82, 2.24) is 0 Å². The molecule has 0 bridgehead atoms. The maximum Gasteiger partial charge on any atom is 0.0658 e. The Morgan fingerprint density at radius 1 is 1.70 bits per heavy atom. The van der Waals surface area contributed by atoms with Gasteiger partial charge in [0.25, 0.3) is 0 Å². The molecule has 0 aromatic carbocycles. The number of hydrogen-bond acceptors (Lipinski definition) is 1. The molecule has 3 heteroatoms. The van der Waals surface area contributed by atoms with Crippen molar-refractivity contribution < 1.29 is 5.11 Å². The van der Waals surface area contributed by atoms with Gasteiger partial charge in [-0.05, 0) is 18.3 Å². The molecule has 2 radical (unpaired) electrons. The summed E-state index contributed by atoms with van der Waals surface area (Å²) in [6, 6.07) is 0. The molecule has 0 saturated heterocycles. The van der Waals surface area contributed by atoms with E-state index in [1.807, 2.05) is 6.92 Å². The normalized spacial score (nSPS) is 47.9. The molecule has 1 N–H and O–H groups in total. The topological polar surface area (TPSA) is 20.2 Å². The van der Waals surface area contributed by atoms with Gasteiger partial charge in [-0.1, -0.05) is 13.2 Å². The maximum atomic E-state index is 9.37. The summed E-state index contributed by atoms with van der Waals surface area (Å²) in [5.74, 6) is 0.573. The third-order valence-corrected chi connectivity index (χ3v) is 3.05. The summed E-state index contributed by atoms with van der Waals surface area (Å²) in [4.78, 5) is 0. The Bertz CT molecular complexity index is 120. The van der Waals surface area contributed by atoms with Crippen molar-refractivity contribution in [2.45, 2.75) is 31.1 Å². The van der Waals surface area contributed by atoms with Gasteiger partial charge in [-0.2, -0.15) is 0 Å². The highest BCUT2D eigenvalue weighted by Crippen LogP contribution is 2.37. The number of aliphatic hydroxyl groups excluding tert-OH is 1. The molecule has 1 rings (SSSR count). The first-order valence-corrected chi connectivity index (χ1v) is 4.12. The van der Waals surface area contributed by atoms with E-state index in [4.69, 9.17) is 19.4 Å². The molecule has 1 fully saturated rings. The zero-order valence-electron chi connectivity index (χ0n) is 6.13. The summed E-state index contributed by atoms with van der Waals surface area (Å²) in [7, 11) is 5.46. The lowest BCUT2D eigenvalue weighted by Crippen LogP contribution is -2.17. The standard InChI is InChI=1S/C7H12BClO/c1-4-5(3-8)7(10)2-6(4)9/h4-7,10H,2-3H2,1H3. The van der Waals surface area contributed by atoms with Crippen LogP contribution in [0.25, 0.3) is 0 Å². The van der Waals surface area contributed by atoms with Gasteiger partial charge >= 0.3 is 0 Å². The van der Waals surface area contributed by atoms with Crippen molar-refractivity contribution in [2.75, 3.05) is 0 Å². The van der Waals surface area contributed by atoms with Crippen molar-refractivity contribution in [2.24, 2.45) is 11.8 Å². The van der Waals surface area contributed by atoms with Crippen LogP contribution in [0, 0.1) is 11.8 Å². The summed E-state index contributed by atoms with van der Waals surface area (Å²) in [6.45, 7) is 2.05. The molecule has 0 heterocycles. The molecule has 1 aliphatic carbocycles. The SMILES string of the molecule is [B]CC1C(O)CC(Cl)C1C. The van der Waals surface area contributed by atoms with Crippen LogP contribution in [0.1, 0.15) is 13.3 Å². The molecule has 4 unspecified atom stereocenters. The Labute approximate surface area is 68.2 Å². The fourth-order valence-corrected chi connectivity index (χ4v) is 1.98. The highest BCUT2D eigenvalue weighted by atomic mass is 35.5. The largest absolute Gasteiger partial charge is 0.393 e. The van der Waals surface area contributed by atoms with Crippen LogP contribution in [0.4, 0.5) is 0 Å². The first-order valence-electron chi connectivity index (χ1n) is 3.69. The Morgan fingerprint density at radius 3 is 2.50 bits per heavy atom. The molecule has 0 aromatic heterocycles. The van der Waals surface area contributed by atoms with Crippen LogP contribution >= 0.6 is 11.6 Å². The molecule has 1 nitrogen and oxygen atoms in total. The van der Waals surface area contributed by atoms with Crippen molar-refractivity contribution in [3.05, 3.63) is 0 Å². The average Bonchev–Trinajstić information content (AvgIpc) is 2.09. The molecule has 10 heavy (non-hydrogen) atoms. The van der Waals surface area contributed by atoms with E-state index in [0.717, 1.165) is 0 Å². The summed E-state index contributed by atoms with van der Waals surface area (Å²) in [5, 5.41) is 9.48. The van der Waals surface area contributed by atoms with E-state index in [0.29, 0.717) is 18.7 Å². The second-order valence-electron chi connectivity index (χ2n) is 3.08. The van der Waals surface area contributed by atoms with Gasteiger partial charge in [-0.25, -0.2) is 0 Å². The van der Waals surface area contributed by atoms with Gasteiger partial charge in [0.1, 0.15) is 0 Å². The lowest BCUT2D eigenvalue weighted by molar-refractivity contribution is 0.130. The maximum absolute atomic E-state index is 9.37. The van der Waals surface area contributed by atoms with Crippen molar-refractivity contribution in [1.29, 1.82) is 0 Å². The first kappa shape index (κ1) is 8.41. The van der Waals surface area contributed by atoms with Crippen LogP contribution in [-0.2, 0) is 0 Å². The van der Waals surface area contributed by atoms with E-state index >= 15 is 0 Å². The Balaban J connectivity index is 2.55. The highest BCUT2D eigenvalue weighted by molar-refractivity contribution is 6.21. The lowest BCUT2D eigenvalue weighted by atomic mass is 9.84. The third kappa shape index (κ3) is 1.33. The minimum absolute atomic E-state index is 0.114. The number of aliphatic hydroxyl groups is 1. The van der Waals surface area contributed by atoms with Gasteiger partial charge in [0.05, 0.1) is 14.0 Å². The first-order chi connectivity index (χ1) is 4.66. The smallest absolute Gasteiger partial charge is 0.0658 e. The molecule has 56 valence electrons. The molecular formula is C7H12BClO. The number of rotatable bonds is 1. The van der Waals surface area contributed by atoms with Crippen molar-refractivity contribution in [3.8, 4) is 0 Å². The Kier molecular flexibility index (Phi) is 2.64. The fraction of sp³-hybridized carbons (Fsp3) is 1.00. The molecule has 1 saturated carbocycles. The van der Waals surface area contributed by atoms with E-state index in [9.17, 15) is 5.11 Å². The summed E-state index contributed by atoms with van der Waals surface area (Å²) in [6.07, 6.45) is 0.971. The number of halogens is 1. The van der Waals surface area contributed by atoms with Crippen LogP contribution in [0.2, 0.25) is 6.32 Å². The van der Waals surface area contributed by atoms with E-state index in [-0.39, 0.29) is 17.4 Å². The zero-order chi connectivity index (χ0) is 7.72. The number of alkyl halides is 1. The molecule has 0 spiro atoms. The summed E-state index contributed by atoms with van der Waals surface area (Å²) < 4.78 is 0. The average molecular weight is 158 g/mol. The van der Waals surface area contributed by atoms with Crippen LogP contribution in [0.3, 0.4) is 0 Å². The second-order valence-corrected chi connectivity index (χ2v) is 3.64. The Morgan fingerprint density at radius 2 is 2.30 bits per heavy atom. The van der Waals surface area contributed by atoms with Gasteiger partial charge in [-0.3, -0.25) is 0 Å². The van der Waals surface area contributed by atoms with Crippen LogP contribution < -0.4 is 0 Å². The van der Waals surface area contributed by atoms with Crippen molar-refractivity contribution in [3.63, 3.8) is 0 Å². The number of hydrogen-bond donors (Lipinski definition) is 1. The molecule has 0 aromatic rings. The van der Waals surface area contributed by atoms with Crippen LogP contribution in [0.5, 0.6) is 0 Å². The fourth-order valence-electron chi connectivity index (χ4n) is 1.61. The molecule has 1 aliphatic rings. The summed E-state index contributed by atoms with van der Waals surface area (Å²) >= 11 is 5.92. The van der Waals surface area contributed by atoms with E-state index in [1.54, 1.807) is 0 Å². The Hall–Kier alpha value is 0.315. The van der Waals surface area contributed by atoms with Crippen molar-refractivity contribution >= 4 is 19.4 Å². The van der Waals surface area contributed by atoms with E-state index in [2.05, 4.69) is 0 Å². The molecule has 0 amide bonds. The monoisotopic (exact) mass is 158 g/mol. The lowest BCUT2D eigenvalue weighted by Gasteiger charge is -2.16. The minimum Gasteiger partial charge on any atom is -0.393 e. The zero-order valence-corrected chi connectivity index (χ0v) is 6.88. The van der Waals surface area contributed by atoms with Gasteiger partial charge in [0.2, 0.25) is 0 Å². The van der Waals surface area contributed by atoms with E-state index < -0.39 is 0 Å². The molecule has 0 aliphatic heterocycles.